The lowest BCUT2D eigenvalue weighted by Gasteiger charge is -2.07. The highest BCUT2D eigenvalue weighted by Gasteiger charge is 2.01. The molecule has 0 spiro atoms. The number of anilines is 1. The van der Waals surface area contributed by atoms with Crippen LogP contribution in [-0.2, 0) is 0 Å². The van der Waals surface area contributed by atoms with Gasteiger partial charge in [0.1, 0.15) is 11.9 Å². The fourth-order valence-electron chi connectivity index (χ4n) is 1.98. The molecule has 0 bridgehead atoms. The minimum absolute atomic E-state index is 0.0965. The molecular weight excluding hydrogens is 239 g/mol. The summed E-state index contributed by atoms with van der Waals surface area (Å²) < 4.78 is 13.3. The van der Waals surface area contributed by atoms with Crippen molar-refractivity contribution in [2.75, 3.05) is 11.9 Å². The highest BCUT2D eigenvalue weighted by atomic mass is 19.1. The summed E-state index contributed by atoms with van der Waals surface area (Å²) in [4.78, 5) is 0. The maximum Gasteiger partial charge on any atom is 0.143 e. The lowest BCUT2D eigenvalue weighted by Crippen LogP contribution is -2.02. The van der Waals surface area contributed by atoms with Crippen molar-refractivity contribution in [1.29, 1.82) is 5.26 Å². The molecule has 0 amide bonds. The van der Waals surface area contributed by atoms with Gasteiger partial charge in [-0.3, -0.25) is 0 Å². The summed E-state index contributed by atoms with van der Waals surface area (Å²) in [7, 11) is 0. The Hall–Kier alpha value is -1.56. The van der Waals surface area contributed by atoms with Gasteiger partial charge in [0.25, 0.3) is 0 Å². The molecule has 1 rings (SSSR count). The smallest absolute Gasteiger partial charge is 0.143 e. The second-order valence-corrected chi connectivity index (χ2v) is 5.33. The number of unbranched alkanes of at least 4 members (excludes halogenated alkanes) is 3. The van der Waals surface area contributed by atoms with Gasteiger partial charge in [-0.15, -0.1) is 0 Å². The van der Waals surface area contributed by atoms with E-state index >= 15 is 0 Å². The van der Waals surface area contributed by atoms with Crippen LogP contribution in [0.15, 0.2) is 18.2 Å². The number of halogens is 1. The van der Waals surface area contributed by atoms with E-state index in [0.717, 1.165) is 24.6 Å². The summed E-state index contributed by atoms with van der Waals surface area (Å²) in [5, 5.41) is 11.8. The molecule has 1 aromatic carbocycles. The van der Waals surface area contributed by atoms with Crippen LogP contribution in [0, 0.1) is 23.1 Å². The second-order valence-electron chi connectivity index (χ2n) is 5.33. The molecule has 0 aliphatic heterocycles. The van der Waals surface area contributed by atoms with Crippen LogP contribution in [-0.4, -0.2) is 6.54 Å². The van der Waals surface area contributed by atoms with Crippen LogP contribution in [0.25, 0.3) is 0 Å². The summed E-state index contributed by atoms with van der Waals surface area (Å²) in [6, 6.07) is 6.47. The number of rotatable bonds is 8. The quantitative estimate of drug-likeness (QED) is 0.688. The molecule has 0 fully saturated rings. The highest BCUT2D eigenvalue weighted by molar-refractivity contribution is 5.47. The van der Waals surface area contributed by atoms with Gasteiger partial charge < -0.3 is 5.32 Å². The number of nitrogens with one attached hydrogen (secondary N) is 1. The number of nitrogens with zero attached hydrogens (tertiary/aromatic N) is 1. The Morgan fingerprint density at radius 3 is 2.58 bits per heavy atom. The fraction of sp³-hybridized carbons (Fsp3) is 0.562. The van der Waals surface area contributed by atoms with Crippen LogP contribution in [0.3, 0.4) is 0 Å². The number of hydrogen-bond acceptors (Lipinski definition) is 2. The molecule has 0 atom stereocenters. The Labute approximate surface area is 115 Å². The van der Waals surface area contributed by atoms with Gasteiger partial charge >= 0.3 is 0 Å². The van der Waals surface area contributed by atoms with E-state index in [-0.39, 0.29) is 5.56 Å². The predicted octanol–water partition coefficient (Wildman–Crippen LogP) is 4.72. The van der Waals surface area contributed by atoms with Gasteiger partial charge in [0.15, 0.2) is 0 Å². The zero-order valence-corrected chi connectivity index (χ0v) is 11.9. The molecule has 0 aliphatic rings. The summed E-state index contributed by atoms with van der Waals surface area (Å²) in [6.07, 6.45) is 6.16. The van der Waals surface area contributed by atoms with Crippen molar-refractivity contribution in [3.63, 3.8) is 0 Å². The van der Waals surface area contributed by atoms with Gasteiger partial charge in [-0.2, -0.15) is 5.26 Å². The van der Waals surface area contributed by atoms with E-state index in [1.54, 1.807) is 6.07 Å². The van der Waals surface area contributed by atoms with Gasteiger partial charge in [0.05, 0.1) is 5.56 Å². The van der Waals surface area contributed by atoms with Gasteiger partial charge in [-0.25, -0.2) is 4.39 Å². The standard InChI is InChI=1S/C16H23FN2/c1-13(2)7-5-3-4-6-10-19-15-9-8-14(12-18)16(17)11-15/h8-9,11,13,19H,3-7,10H2,1-2H3. The van der Waals surface area contributed by atoms with E-state index in [1.165, 1.54) is 37.8 Å². The molecule has 0 aromatic heterocycles. The van der Waals surface area contributed by atoms with Crippen molar-refractivity contribution in [2.24, 2.45) is 5.92 Å². The summed E-state index contributed by atoms with van der Waals surface area (Å²) in [6.45, 7) is 5.36. The van der Waals surface area contributed by atoms with E-state index < -0.39 is 5.82 Å². The Morgan fingerprint density at radius 1 is 1.21 bits per heavy atom. The van der Waals surface area contributed by atoms with Crippen LogP contribution in [0.1, 0.15) is 51.5 Å². The maximum atomic E-state index is 13.3. The minimum atomic E-state index is -0.454. The first-order valence-corrected chi connectivity index (χ1v) is 7.07. The Kier molecular flexibility index (Phi) is 6.95. The van der Waals surface area contributed by atoms with Gasteiger partial charge in [-0.05, 0) is 30.5 Å². The van der Waals surface area contributed by atoms with Crippen molar-refractivity contribution in [2.45, 2.75) is 46.0 Å². The van der Waals surface area contributed by atoms with E-state index in [1.807, 2.05) is 6.07 Å². The zero-order chi connectivity index (χ0) is 14.1. The maximum absolute atomic E-state index is 13.3. The monoisotopic (exact) mass is 262 g/mol. The number of nitriles is 1. The molecule has 2 nitrogen and oxygen atoms in total. The number of hydrogen-bond donors (Lipinski definition) is 1. The van der Waals surface area contributed by atoms with Crippen molar-refractivity contribution in [3.05, 3.63) is 29.6 Å². The third-order valence-electron chi connectivity index (χ3n) is 3.13. The van der Waals surface area contributed by atoms with E-state index in [0.29, 0.717) is 0 Å². The van der Waals surface area contributed by atoms with Crippen LogP contribution in [0.2, 0.25) is 0 Å². The average Bonchev–Trinajstić information content (AvgIpc) is 2.37. The van der Waals surface area contributed by atoms with Crippen LogP contribution in [0.4, 0.5) is 10.1 Å². The predicted molar refractivity (Wildman–Crippen MR) is 77.5 cm³/mol. The third-order valence-corrected chi connectivity index (χ3v) is 3.13. The molecule has 0 saturated heterocycles. The first-order chi connectivity index (χ1) is 9.13. The van der Waals surface area contributed by atoms with Crippen molar-refractivity contribution in [1.82, 2.24) is 0 Å². The highest BCUT2D eigenvalue weighted by Crippen LogP contribution is 2.14. The molecule has 0 radical (unpaired) electrons. The average molecular weight is 262 g/mol. The second kappa shape index (κ2) is 8.53. The van der Waals surface area contributed by atoms with E-state index in [2.05, 4.69) is 19.2 Å². The minimum Gasteiger partial charge on any atom is -0.385 e. The fourth-order valence-corrected chi connectivity index (χ4v) is 1.98. The topological polar surface area (TPSA) is 35.8 Å². The lowest BCUT2D eigenvalue weighted by atomic mass is 10.0. The molecule has 1 aromatic rings. The lowest BCUT2D eigenvalue weighted by molar-refractivity contribution is 0.523. The largest absolute Gasteiger partial charge is 0.385 e. The molecule has 104 valence electrons. The molecule has 3 heteroatoms. The Bertz CT molecular complexity index is 421. The first kappa shape index (κ1) is 15.5. The zero-order valence-electron chi connectivity index (χ0n) is 11.9. The summed E-state index contributed by atoms with van der Waals surface area (Å²) in [5.41, 5.74) is 0.845. The molecule has 0 heterocycles. The number of benzene rings is 1. The molecule has 19 heavy (non-hydrogen) atoms. The van der Waals surface area contributed by atoms with E-state index in [4.69, 9.17) is 5.26 Å². The van der Waals surface area contributed by atoms with Gasteiger partial charge in [-0.1, -0.05) is 39.5 Å². The summed E-state index contributed by atoms with van der Waals surface area (Å²) >= 11 is 0. The van der Waals surface area contributed by atoms with Gasteiger partial charge in [0, 0.05) is 12.2 Å². The molecule has 0 saturated carbocycles. The molecule has 1 N–H and O–H groups in total. The normalized spacial score (nSPS) is 10.5. The Balaban J connectivity index is 2.16. The first-order valence-electron chi connectivity index (χ1n) is 7.07. The molecular formula is C16H23FN2. The Morgan fingerprint density at radius 2 is 1.95 bits per heavy atom. The van der Waals surface area contributed by atoms with E-state index in [9.17, 15) is 4.39 Å². The van der Waals surface area contributed by atoms with Crippen molar-refractivity contribution >= 4 is 5.69 Å². The van der Waals surface area contributed by atoms with Gasteiger partial charge in [0.2, 0.25) is 0 Å². The summed E-state index contributed by atoms with van der Waals surface area (Å²) in [5.74, 6) is 0.337. The van der Waals surface area contributed by atoms with Crippen LogP contribution < -0.4 is 5.32 Å². The van der Waals surface area contributed by atoms with Crippen molar-refractivity contribution < 1.29 is 4.39 Å². The van der Waals surface area contributed by atoms with Crippen LogP contribution in [0.5, 0.6) is 0 Å². The SMILES string of the molecule is CC(C)CCCCCCNc1ccc(C#N)c(F)c1. The van der Waals surface area contributed by atoms with Crippen LogP contribution >= 0.6 is 0 Å². The molecule has 0 aliphatic carbocycles. The van der Waals surface area contributed by atoms with Crippen molar-refractivity contribution in [3.8, 4) is 6.07 Å². The molecule has 0 unspecified atom stereocenters. The third kappa shape index (κ3) is 6.24.